The molecule has 1 rings (SSSR count). The van der Waals surface area contributed by atoms with Crippen LogP contribution >= 0.6 is 22.6 Å². The molecular weight excluding hydrogens is 267 g/mol. The minimum absolute atomic E-state index is 0.686. The van der Waals surface area contributed by atoms with Gasteiger partial charge in [-0.2, -0.15) is 0 Å². The molecule has 0 unspecified atom stereocenters. The van der Waals surface area contributed by atoms with Gasteiger partial charge in [0.15, 0.2) is 0 Å². The van der Waals surface area contributed by atoms with Crippen LogP contribution in [0.2, 0.25) is 0 Å². The fraction of sp³-hybridized carbons (Fsp3) is 0.250. The summed E-state index contributed by atoms with van der Waals surface area (Å²) >= 11 is 2.20. The standard InChI is InChI=1S/C8H11IN2O/c1-2-12-6-3-4-8(11-10)7(9)5-6/h3-5,11H,2,10H2,1H3. The monoisotopic (exact) mass is 278 g/mol. The van der Waals surface area contributed by atoms with Crippen LogP contribution in [-0.2, 0) is 0 Å². The molecule has 1 aromatic carbocycles. The zero-order valence-electron chi connectivity index (χ0n) is 6.80. The van der Waals surface area contributed by atoms with Gasteiger partial charge in [0.1, 0.15) is 5.75 Å². The normalized spacial score (nSPS) is 9.58. The molecule has 0 heterocycles. The predicted octanol–water partition coefficient (Wildman–Crippen LogP) is 1.98. The van der Waals surface area contributed by atoms with E-state index in [4.69, 9.17) is 10.6 Å². The SMILES string of the molecule is CCOc1ccc(NN)c(I)c1. The van der Waals surface area contributed by atoms with E-state index in [2.05, 4.69) is 28.0 Å². The van der Waals surface area contributed by atoms with Gasteiger partial charge in [-0.25, -0.2) is 0 Å². The van der Waals surface area contributed by atoms with Gasteiger partial charge >= 0.3 is 0 Å². The molecule has 0 aliphatic heterocycles. The fourth-order valence-electron chi connectivity index (χ4n) is 0.869. The number of nitrogens with one attached hydrogen (secondary N) is 1. The Balaban J connectivity index is 2.86. The quantitative estimate of drug-likeness (QED) is 0.505. The number of benzene rings is 1. The molecule has 0 bridgehead atoms. The molecule has 0 radical (unpaired) electrons. The Labute approximate surface area is 85.4 Å². The second-order valence-electron chi connectivity index (χ2n) is 2.22. The molecule has 0 aromatic heterocycles. The van der Waals surface area contributed by atoms with Crippen LogP contribution in [0.3, 0.4) is 0 Å². The molecular formula is C8H11IN2O. The number of ether oxygens (including phenoxy) is 1. The Kier molecular flexibility index (Phi) is 3.61. The van der Waals surface area contributed by atoms with Gasteiger partial charge in [0.2, 0.25) is 0 Å². The first-order valence-electron chi connectivity index (χ1n) is 3.67. The average molecular weight is 278 g/mol. The summed E-state index contributed by atoms with van der Waals surface area (Å²) < 4.78 is 6.37. The van der Waals surface area contributed by atoms with Crippen molar-refractivity contribution in [3.63, 3.8) is 0 Å². The van der Waals surface area contributed by atoms with E-state index in [0.29, 0.717) is 6.61 Å². The lowest BCUT2D eigenvalue weighted by atomic mass is 10.3. The van der Waals surface area contributed by atoms with Gasteiger partial charge in [0, 0.05) is 3.57 Å². The van der Waals surface area contributed by atoms with E-state index < -0.39 is 0 Å². The Bertz CT molecular complexity index is 265. The largest absolute Gasteiger partial charge is 0.494 e. The van der Waals surface area contributed by atoms with Crippen LogP contribution in [0.1, 0.15) is 6.92 Å². The minimum Gasteiger partial charge on any atom is -0.494 e. The molecule has 0 atom stereocenters. The summed E-state index contributed by atoms with van der Waals surface area (Å²) in [7, 11) is 0. The summed E-state index contributed by atoms with van der Waals surface area (Å²) in [6.45, 7) is 2.65. The van der Waals surface area contributed by atoms with Gasteiger partial charge in [-0.1, -0.05) is 0 Å². The number of halogens is 1. The Morgan fingerprint density at radius 2 is 2.33 bits per heavy atom. The van der Waals surface area contributed by atoms with Gasteiger partial charge in [0.05, 0.1) is 12.3 Å². The molecule has 4 heteroatoms. The van der Waals surface area contributed by atoms with Gasteiger partial charge in [-0.3, -0.25) is 5.84 Å². The summed E-state index contributed by atoms with van der Waals surface area (Å²) in [6, 6.07) is 5.73. The number of anilines is 1. The van der Waals surface area contributed by atoms with Crippen molar-refractivity contribution in [1.29, 1.82) is 0 Å². The number of hydrogen-bond acceptors (Lipinski definition) is 3. The highest BCUT2D eigenvalue weighted by Crippen LogP contribution is 2.22. The van der Waals surface area contributed by atoms with E-state index in [0.717, 1.165) is 15.0 Å². The second kappa shape index (κ2) is 4.51. The molecule has 0 amide bonds. The smallest absolute Gasteiger partial charge is 0.120 e. The molecule has 0 saturated carbocycles. The Morgan fingerprint density at radius 1 is 1.58 bits per heavy atom. The molecule has 3 nitrogen and oxygen atoms in total. The average Bonchev–Trinajstić information content (AvgIpc) is 2.05. The first kappa shape index (κ1) is 9.60. The molecule has 3 N–H and O–H groups in total. The van der Waals surface area contributed by atoms with Gasteiger partial charge < -0.3 is 10.2 Å². The third kappa shape index (κ3) is 2.25. The predicted molar refractivity (Wildman–Crippen MR) is 58.1 cm³/mol. The van der Waals surface area contributed by atoms with Gasteiger partial charge in [-0.05, 0) is 47.7 Å². The van der Waals surface area contributed by atoms with Crippen molar-refractivity contribution >= 4 is 28.3 Å². The zero-order chi connectivity index (χ0) is 8.97. The number of hydrogen-bond donors (Lipinski definition) is 2. The van der Waals surface area contributed by atoms with Crippen molar-refractivity contribution in [1.82, 2.24) is 0 Å². The summed E-state index contributed by atoms with van der Waals surface area (Å²) in [4.78, 5) is 0. The van der Waals surface area contributed by atoms with Crippen molar-refractivity contribution in [2.45, 2.75) is 6.92 Å². The summed E-state index contributed by atoms with van der Waals surface area (Å²) in [5.41, 5.74) is 3.52. The summed E-state index contributed by atoms with van der Waals surface area (Å²) in [5, 5.41) is 0. The van der Waals surface area contributed by atoms with Crippen molar-refractivity contribution < 1.29 is 4.74 Å². The number of nitrogen functional groups attached to an aromatic ring is 1. The molecule has 0 aliphatic carbocycles. The minimum atomic E-state index is 0.686. The third-order valence-corrected chi connectivity index (χ3v) is 2.30. The van der Waals surface area contributed by atoms with E-state index in [-0.39, 0.29) is 0 Å². The lowest BCUT2D eigenvalue weighted by molar-refractivity contribution is 0.340. The van der Waals surface area contributed by atoms with Crippen LogP contribution in [0.4, 0.5) is 5.69 Å². The molecule has 1 aromatic rings. The third-order valence-electron chi connectivity index (χ3n) is 1.41. The topological polar surface area (TPSA) is 47.3 Å². The van der Waals surface area contributed by atoms with Crippen molar-refractivity contribution in [3.8, 4) is 5.75 Å². The van der Waals surface area contributed by atoms with Crippen molar-refractivity contribution in [3.05, 3.63) is 21.8 Å². The highest BCUT2D eigenvalue weighted by molar-refractivity contribution is 14.1. The highest BCUT2D eigenvalue weighted by atomic mass is 127. The second-order valence-corrected chi connectivity index (χ2v) is 3.38. The van der Waals surface area contributed by atoms with Crippen LogP contribution in [0, 0.1) is 3.57 Å². The fourth-order valence-corrected chi connectivity index (χ4v) is 1.51. The molecule has 0 saturated heterocycles. The molecule has 0 spiro atoms. The lowest BCUT2D eigenvalue weighted by Gasteiger charge is -2.06. The number of rotatable bonds is 3. The maximum atomic E-state index is 5.31. The van der Waals surface area contributed by atoms with Crippen molar-refractivity contribution in [2.75, 3.05) is 12.0 Å². The Morgan fingerprint density at radius 3 is 2.83 bits per heavy atom. The van der Waals surface area contributed by atoms with Crippen LogP contribution in [-0.4, -0.2) is 6.61 Å². The van der Waals surface area contributed by atoms with E-state index in [1.54, 1.807) is 0 Å². The van der Waals surface area contributed by atoms with E-state index in [1.807, 2.05) is 25.1 Å². The number of nitrogens with two attached hydrogens (primary N) is 1. The van der Waals surface area contributed by atoms with Crippen LogP contribution in [0.25, 0.3) is 0 Å². The van der Waals surface area contributed by atoms with Gasteiger partial charge in [-0.15, -0.1) is 0 Å². The van der Waals surface area contributed by atoms with E-state index in [9.17, 15) is 0 Å². The highest BCUT2D eigenvalue weighted by Gasteiger charge is 1.99. The number of hydrazine groups is 1. The Hall–Kier alpha value is -0.490. The first-order valence-corrected chi connectivity index (χ1v) is 4.74. The van der Waals surface area contributed by atoms with E-state index >= 15 is 0 Å². The van der Waals surface area contributed by atoms with Crippen molar-refractivity contribution in [2.24, 2.45) is 5.84 Å². The van der Waals surface area contributed by atoms with E-state index in [1.165, 1.54) is 0 Å². The molecule has 0 fully saturated rings. The molecule has 0 aliphatic rings. The lowest BCUT2D eigenvalue weighted by Crippen LogP contribution is -2.08. The zero-order valence-corrected chi connectivity index (χ0v) is 8.96. The maximum absolute atomic E-state index is 5.31. The van der Waals surface area contributed by atoms with Crippen LogP contribution in [0.15, 0.2) is 18.2 Å². The summed E-state index contributed by atoms with van der Waals surface area (Å²) in [6.07, 6.45) is 0. The molecule has 66 valence electrons. The molecule has 12 heavy (non-hydrogen) atoms. The van der Waals surface area contributed by atoms with Crippen LogP contribution < -0.4 is 16.0 Å². The van der Waals surface area contributed by atoms with Gasteiger partial charge in [0.25, 0.3) is 0 Å². The first-order chi connectivity index (χ1) is 5.77. The maximum Gasteiger partial charge on any atom is 0.120 e. The van der Waals surface area contributed by atoms with Crippen LogP contribution in [0.5, 0.6) is 5.75 Å². The summed E-state index contributed by atoms with van der Waals surface area (Å²) in [5.74, 6) is 6.15.